The number of hydrogen-bond acceptors (Lipinski definition) is 4. The van der Waals surface area contributed by atoms with Gasteiger partial charge in [-0.15, -0.1) is 0 Å². The standard InChI is InChI=1S/C22H23N3O3/c1-3-16(12-27-2)23-22(26)15-10-8-14(9-11-15)20-18-13-28-19-7-5-4-6-17(19)21(18)25-24-20/h4-11,16H,3,12-13H2,1-2H3,(H,23,26)(H,24,25)/t16-/m0/s1. The van der Waals surface area contributed by atoms with Gasteiger partial charge in [-0.2, -0.15) is 5.10 Å². The van der Waals surface area contributed by atoms with Crippen molar-refractivity contribution in [2.24, 2.45) is 0 Å². The number of benzene rings is 2. The second kappa shape index (κ2) is 7.86. The van der Waals surface area contributed by atoms with Crippen LogP contribution in [0.25, 0.3) is 22.5 Å². The molecule has 2 N–H and O–H groups in total. The van der Waals surface area contributed by atoms with Crippen LogP contribution in [0.4, 0.5) is 0 Å². The molecule has 28 heavy (non-hydrogen) atoms. The van der Waals surface area contributed by atoms with E-state index in [1.807, 2.05) is 55.5 Å². The van der Waals surface area contributed by atoms with Gasteiger partial charge in [-0.05, 0) is 30.7 Å². The average molecular weight is 377 g/mol. The fourth-order valence-electron chi connectivity index (χ4n) is 3.43. The maximum Gasteiger partial charge on any atom is 0.251 e. The number of nitrogens with one attached hydrogen (secondary N) is 2. The van der Waals surface area contributed by atoms with E-state index in [-0.39, 0.29) is 11.9 Å². The molecule has 6 heteroatoms. The molecule has 4 rings (SSSR count). The first-order valence-electron chi connectivity index (χ1n) is 9.41. The third-order valence-corrected chi connectivity index (χ3v) is 5.01. The lowest BCUT2D eigenvalue weighted by Crippen LogP contribution is -2.37. The van der Waals surface area contributed by atoms with E-state index in [1.54, 1.807) is 7.11 Å². The van der Waals surface area contributed by atoms with Gasteiger partial charge in [0.2, 0.25) is 0 Å². The highest BCUT2D eigenvalue weighted by Crippen LogP contribution is 2.39. The van der Waals surface area contributed by atoms with Crippen molar-refractivity contribution in [1.29, 1.82) is 0 Å². The molecule has 144 valence electrons. The van der Waals surface area contributed by atoms with Crippen molar-refractivity contribution < 1.29 is 14.3 Å². The minimum Gasteiger partial charge on any atom is -0.488 e. The van der Waals surface area contributed by atoms with Gasteiger partial charge in [0, 0.05) is 29.4 Å². The first kappa shape index (κ1) is 18.3. The fourth-order valence-corrected chi connectivity index (χ4v) is 3.43. The van der Waals surface area contributed by atoms with Crippen molar-refractivity contribution in [2.45, 2.75) is 26.0 Å². The number of aromatic amines is 1. The van der Waals surface area contributed by atoms with E-state index in [0.29, 0.717) is 18.8 Å². The van der Waals surface area contributed by atoms with Gasteiger partial charge in [0.05, 0.1) is 24.0 Å². The van der Waals surface area contributed by atoms with Gasteiger partial charge in [0.25, 0.3) is 5.91 Å². The second-order valence-corrected chi connectivity index (χ2v) is 6.82. The zero-order chi connectivity index (χ0) is 19.5. The molecule has 1 atom stereocenters. The zero-order valence-corrected chi connectivity index (χ0v) is 16.0. The number of hydrogen-bond donors (Lipinski definition) is 2. The third kappa shape index (κ3) is 3.39. The van der Waals surface area contributed by atoms with Gasteiger partial charge >= 0.3 is 0 Å². The summed E-state index contributed by atoms with van der Waals surface area (Å²) in [5.74, 6) is 0.760. The molecule has 1 aliphatic rings. The first-order valence-corrected chi connectivity index (χ1v) is 9.41. The molecule has 0 bridgehead atoms. The van der Waals surface area contributed by atoms with Crippen molar-refractivity contribution in [3.63, 3.8) is 0 Å². The lowest BCUT2D eigenvalue weighted by molar-refractivity contribution is 0.0894. The summed E-state index contributed by atoms with van der Waals surface area (Å²) in [5, 5.41) is 10.6. The third-order valence-electron chi connectivity index (χ3n) is 5.01. The van der Waals surface area contributed by atoms with Crippen molar-refractivity contribution in [3.8, 4) is 28.3 Å². The van der Waals surface area contributed by atoms with Gasteiger partial charge < -0.3 is 14.8 Å². The molecule has 1 aliphatic heterocycles. The van der Waals surface area contributed by atoms with Crippen LogP contribution in [0.5, 0.6) is 5.75 Å². The highest BCUT2D eigenvalue weighted by atomic mass is 16.5. The van der Waals surface area contributed by atoms with E-state index in [4.69, 9.17) is 9.47 Å². The Morgan fingerprint density at radius 1 is 1.25 bits per heavy atom. The summed E-state index contributed by atoms with van der Waals surface area (Å²) in [5.41, 5.74) is 5.45. The van der Waals surface area contributed by atoms with E-state index >= 15 is 0 Å². The summed E-state index contributed by atoms with van der Waals surface area (Å²) >= 11 is 0. The van der Waals surface area contributed by atoms with Gasteiger partial charge in [0.15, 0.2) is 0 Å². The molecule has 0 saturated heterocycles. The number of rotatable bonds is 6. The highest BCUT2D eigenvalue weighted by Gasteiger charge is 2.23. The summed E-state index contributed by atoms with van der Waals surface area (Å²) < 4.78 is 11.0. The Balaban J connectivity index is 1.56. The van der Waals surface area contributed by atoms with Crippen LogP contribution in [-0.2, 0) is 11.3 Å². The topological polar surface area (TPSA) is 76.2 Å². The van der Waals surface area contributed by atoms with Crippen LogP contribution in [0.1, 0.15) is 29.3 Å². The monoisotopic (exact) mass is 377 g/mol. The van der Waals surface area contributed by atoms with E-state index in [0.717, 1.165) is 40.2 Å². The SMILES string of the molecule is CC[C@@H](COC)NC(=O)c1ccc(-c2n[nH]c3c2COc2ccccc2-3)cc1. The van der Waals surface area contributed by atoms with E-state index in [2.05, 4.69) is 15.5 Å². The highest BCUT2D eigenvalue weighted by molar-refractivity contribution is 5.95. The molecule has 0 aliphatic carbocycles. The predicted octanol–water partition coefficient (Wildman–Crippen LogP) is 3.79. The number of carbonyl (C=O) groups is 1. The van der Waals surface area contributed by atoms with Crippen LogP contribution in [0.3, 0.4) is 0 Å². The van der Waals surface area contributed by atoms with Crippen molar-refractivity contribution in [2.75, 3.05) is 13.7 Å². The number of para-hydroxylation sites is 1. The van der Waals surface area contributed by atoms with Crippen LogP contribution in [0, 0.1) is 0 Å². The zero-order valence-electron chi connectivity index (χ0n) is 16.0. The van der Waals surface area contributed by atoms with E-state index < -0.39 is 0 Å². The van der Waals surface area contributed by atoms with Gasteiger partial charge in [-0.3, -0.25) is 9.89 Å². The number of fused-ring (bicyclic) bond motifs is 3. The van der Waals surface area contributed by atoms with Crippen molar-refractivity contribution in [3.05, 3.63) is 59.7 Å². The summed E-state index contributed by atoms with van der Waals surface area (Å²) in [7, 11) is 1.64. The summed E-state index contributed by atoms with van der Waals surface area (Å²) in [6, 6.07) is 15.4. The van der Waals surface area contributed by atoms with Crippen molar-refractivity contribution >= 4 is 5.91 Å². The Hall–Kier alpha value is -3.12. The fraction of sp³-hybridized carbons (Fsp3) is 0.273. The largest absolute Gasteiger partial charge is 0.488 e. The van der Waals surface area contributed by atoms with Gasteiger partial charge in [-0.25, -0.2) is 0 Å². The molecule has 0 radical (unpaired) electrons. The number of nitrogens with zero attached hydrogens (tertiary/aromatic N) is 1. The van der Waals surface area contributed by atoms with E-state index in [9.17, 15) is 4.79 Å². The van der Waals surface area contributed by atoms with Crippen LogP contribution in [0.15, 0.2) is 48.5 Å². The second-order valence-electron chi connectivity index (χ2n) is 6.82. The Morgan fingerprint density at radius 2 is 2.04 bits per heavy atom. The molecule has 2 heterocycles. The Kier molecular flexibility index (Phi) is 5.12. The molecule has 0 fully saturated rings. The van der Waals surface area contributed by atoms with Gasteiger partial charge in [-0.1, -0.05) is 31.2 Å². The number of H-pyrrole nitrogens is 1. The molecule has 2 aromatic carbocycles. The quantitative estimate of drug-likeness (QED) is 0.685. The number of carbonyl (C=O) groups excluding carboxylic acids is 1. The summed E-state index contributed by atoms with van der Waals surface area (Å²) in [4.78, 5) is 12.4. The molecule has 0 saturated carbocycles. The number of aromatic nitrogens is 2. The maximum atomic E-state index is 12.4. The summed E-state index contributed by atoms with van der Waals surface area (Å²) in [6.07, 6.45) is 0.818. The number of amides is 1. The Labute approximate surface area is 163 Å². The normalized spacial score (nSPS) is 13.2. The Morgan fingerprint density at radius 3 is 2.79 bits per heavy atom. The lowest BCUT2D eigenvalue weighted by Gasteiger charge is -2.17. The molecule has 0 unspecified atom stereocenters. The molecule has 1 amide bonds. The van der Waals surface area contributed by atoms with Gasteiger partial charge in [0.1, 0.15) is 12.4 Å². The summed E-state index contributed by atoms with van der Waals surface area (Å²) in [6.45, 7) is 2.99. The smallest absolute Gasteiger partial charge is 0.251 e. The van der Waals surface area contributed by atoms with Crippen LogP contribution in [-0.4, -0.2) is 35.9 Å². The minimum atomic E-state index is -0.100. The molecular formula is C22H23N3O3. The molecule has 6 nitrogen and oxygen atoms in total. The van der Waals surface area contributed by atoms with Crippen LogP contribution in [0.2, 0.25) is 0 Å². The van der Waals surface area contributed by atoms with E-state index in [1.165, 1.54) is 0 Å². The molecule has 0 spiro atoms. The number of methoxy groups -OCH3 is 1. The van der Waals surface area contributed by atoms with Crippen LogP contribution < -0.4 is 10.1 Å². The van der Waals surface area contributed by atoms with Crippen molar-refractivity contribution in [1.82, 2.24) is 15.5 Å². The molecular weight excluding hydrogens is 354 g/mol. The predicted molar refractivity (Wildman–Crippen MR) is 107 cm³/mol. The average Bonchev–Trinajstić information content (AvgIpc) is 3.18. The molecule has 3 aromatic rings. The van der Waals surface area contributed by atoms with Crippen LogP contribution >= 0.6 is 0 Å². The Bertz CT molecular complexity index is 979. The number of ether oxygens (including phenoxy) is 2. The minimum absolute atomic E-state index is 0.00718. The maximum absolute atomic E-state index is 12.4. The first-order chi connectivity index (χ1) is 13.7. The lowest BCUT2D eigenvalue weighted by atomic mass is 9.99. The molecule has 1 aromatic heterocycles.